The number of benzene rings is 1. The van der Waals surface area contributed by atoms with Crippen molar-refractivity contribution in [3.8, 4) is 0 Å². The van der Waals surface area contributed by atoms with Gasteiger partial charge in [-0.25, -0.2) is 4.79 Å². The zero-order valence-electron chi connectivity index (χ0n) is 15.4. The number of carboxylic acid groups (broad SMARTS) is 2. The highest BCUT2D eigenvalue weighted by Gasteiger charge is 2.21. The van der Waals surface area contributed by atoms with E-state index in [2.05, 4.69) is 24.1 Å². The van der Waals surface area contributed by atoms with Gasteiger partial charge in [-0.3, -0.25) is 9.59 Å². The highest BCUT2D eigenvalue weighted by molar-refractivity contribution is 5.85. The summed E-state index contributed by atoms with van der Waals surface area (Å²) in [6.07, 6.45) is 1.71. The molecule has 7 heteroatoms. The summed E-state index contributed by atoms with van der Waals surface area (Å²) in [7, 11) is 0. The summed E-state index contributed by atoms with van der Waals surface area (Å²) in [6.45, 7) is 6.20. The summed E-state index contributed by atoms with van der Waals surface area (Å²) in [5.74, 6) is -2.76. The van der Waals surface area contributed by atoms with Crippen molar-refractivity contribution in [1.29, 1.82) is 0 Å². The fourth-order valence-electron chi connectivity index (χ4n) is 2.69. The van der Waals surface area contributed by atoms with Crippen molar-refractivity contribution in [3.63, 3.8) is 0 Å². The van der Waals surface area contributed by atoms with E-state index in [4.69, 9.17) is 10.2 Å². The number of aliphatic carboxylic acids is 2. The van der Waals surface area contributed by atoms with Crippen molar-refractivity contribution >= 4 is 23.5 Å². The number of nitrogens with zero attached hydrogens (tertiary/aromatic N) is 1. The Morgan fingerprint density at radius 3 is 2.08 bits per heavy atom. The third-order valence-electron chi connectivity index (χ3n) is 3.93. The molecule has 1 amide bonds. The zero-order chi connectivity index (χ0) is 19.5. The van der Waals surface area contributed by atoms with E-state index in [0.717, 1.165) is 37.2 Å². The fourth-order valence-corrected chi connectivity index (χ4v) is 2.69. The second kappa shape index (κ2) is 11.1. The lowest BCUT2D eigenvalue weighted by molar-refractivity contribution is -0.143. The molecule has 7 nitrogen and oxygen atoms in total. The van der Waals surface area contributed by atoms with Gasteiger partial charge in [0.1, 0.15) is 6.04 Å². The molecule has 0 aliphatic carbocycles. The van der Waals surface area contributed by atoms with Crippen molar-refractivity contribution in [3.05, 3.63) is 29.8 Å². The molecular weight excluding hydrogens is 336 g/mol. The molecule has 0 saturated heterocycles. The van der Waals surface area contributed by atoms with Gasteiger partial charge in [0.05, 0.1) is 6.42 Å². The van der Waals surface area contributed by atoms with Gasteiger partial charge < -0.3 is 20.4 Å². The van der Waals surface area contributed by atoms with E-state index in [9.17, 15) is 14.4 Å². The standard InChI is InChI=1S/C19H28N2O5/c1-3-11-21(12-4-2)15-7-5-14(6-8-15)13-17(22)20-16(19(25)26)9-10-18(23)24/h5-8,16H,3-4,9-13H2,1-2H3,(H,20,22)(H,23,24)(H,25,26)/t16-/m0/s1. The Morgan fingerprint density at radius 1 is 1.04 bits per heavy atom. The van der Waals surface area contributed by atoms with Crippen molar-refractivity contribution in [2.45, 2.75) is 52.0 Å². The average Bonchev–Trinajstić information content (AvgIpc) is 2.58. The predicted octanol–water partition coefficient (Wildman–Crippen LogP) is 2.29. The van der Waals surface area contributed by atoms with E-state index in [1.54, 1.807) is 0 Å². The minimum Gasteiger partial charge on any atom is -0.481 e. The largest absolute Gasteiger partial charge is 0.481 e. The van der Waals surface area contributed by atoms with Gasteiger partial charge in [0.15, 0.2) is 0 Å². The molecule has 0 fully saturated rings. The summed E-state index contributed by atoms with van der Waals surface area (Å²) in [6, 6.07) is 6.46. The van der Waals surface area contributed by atoms with Crippen LogP contribution in [-0.2, 0) is 20.8 Å². The van der Waals surface area contributed by atoms with Gasteiger partial charge in [0.25, 0.3) is 0 Å². The Labute approximate surface area is 154 Å². The molecule has 0 radical (unpaired) electrons. The highest BCUT2D eigenvalue weighted by Crippen LogP contribution is 2.16. The van der Waals surface area contributed by atoms with Crippen molar-refractivity contribution in [2.75, 3.05) is 18.0 Å². The molecule has 26 heavy (non-hydrogen) atoms. The minimum atomic E-state index is -1.23. The number of carbonyl (C=O) groups is 3. The van der Waals surface area contributed by atoms with Gasteiger partial charge in [-0.15, -0.1) is 0 Å². The summed E-state index contributed by atoms with van der Waals surface area (Å²) in [4.78, 5) is 36.1. The molecule has 3 N–H and O–H groups in total. The number of hydrogen-bond donors (Lipinski definition) is 3. The van der Waals surface area contributed by atoms with Crippen molar-refractivity contribution < 1.29 is 24.6 Å². The van der Waals surface area contributed by atoms with Crippen LogP contribution in [0, 0.1) is 0 Å². The summed E-state index contributed by atoms with van der Waals surface area (Å²) in [5, 5.41) is 20.1. The van der Waals surface area contributed by atoms with Crippen LogP contribution in [0.1, 0.15) is 45.1 Å². The third kappa shape index (κ3) is 7.55. The highest BCUT2D eigenvalue weighted by atomic mass is 16.4. The number of rotatable bonds is 12. The SMILES string of the molecule is CCCN(CCC)c1ccc(CC(=O)N[C@@H](CCC(=O)O)C(=O)O)cc1. The maximum Gasteiger partial charge on any atom is 0.326 e. The first-order chi connectivity index (χ1) is 12.4. The first-order valence-corrected chi connectivity index (χ1v) is 8.95. The number of amides is 1. The van der Waals surface area contributed by atoms with Gasteiger partial charge >= 0.3 is 11.9 Å². The Balaban J connectivity index is 2.65. The topological polar surface area (TPSA) is 107 Å². The maximum atomic E-state index is 12.1. The lowest BCUT2D eigenvalue weighted by Crippen LogP contribution is -2.41. The number of carboxylic acids is 2. The van der Waals surface area contributed by atoms with Crippen molar-refractivity contribution in [2.24, 2.45) is 0 Å². The molecule has 0 saturated carbocycles. The Hall–Kier alpha value is -2.57. The molecular formula is C19H28N2O5. The predicted molar refractivity (Wildman–Crippen MR) is 99.4 cm³/mol. The van der Waals surface area contributed by atoms with E-state index in [0.29, 0.717) is 0 Å². The van der Waals surface area contributed by atoms with Gasteiger partial charge in [-0.2, -0.15) is 0 Å². The quantitative estimate of drug-likeness (QED) is 0.525. The van der Waals surface area contributed by atoms with Crippen LogP contribution in [0.15, 0.2) is 24.3 Å². The molecule has 0 bridgehead atoms. The van der Waals surface area contributed by atoms with Gasteiger partial charge in [-0.05, 0) is 37.0 Å². The van der Waals surface area contributed by atoms with Crippen LogP contribution < -0.4 is 10.2 Å². The number of anilines is 1. The van der Waals surface area contributed by atoms with E-state index in [1.165, 1.54) is 0 Å². The van der Waals surface area contributed by atoms with Crippen LogP contribution in [0.4, 0.5) is 5.69 Å². The zero-order valence-corrected chi connectivity index (χ0v) is 15.4. The van der Waals surface area contributed by atoms with Gasteiger partial charge in [0, 0.05) is 25.2 Å². The van der Waals surface area contributed by atoms with E-state index in [1.807, 2.05) is 24.3 Å². The molecule has 0 aromatic heterocycles. The molecule has 0 aliphatic rings. The van der Waals surface area contributed by atoms with Gasteiger partial charge in [0.2, 0.25) is 5.91 Å². The molecule has 144 valence electrons. The minimum absolute atomic E-state index is 0.0543. The molecule has 0 heterocycles. The molecule has 1 rings (SSSR count). The summed E-state index contributed by atoms with van der Waals surface area (Å²) in [5.41, 5.74) is 1.88. The van der Waals surface area contributed by atoms with Crippen molar-refractivity contribution in [1.82, 2.24) is 5.32 Å². The average molecular weight is 364 g/mol. The lowest BCUT2D eigenvalue weighted by Gasteiger charge is -2.24. The second-order valence-electron chi connectivity index (χ2n) is 6.22. The second-order valence-corrected chi connectivity index (χ2v) is 6.22. The molecule has 0 unspecified atom stereocenters. The smallest absolute Gasteiger partial charge is 0.326 e. The Kier molecular flexibility index (Phi) is 9.19. The Bertz CT molecular complexity index is 594. The first-order valence-electron chi connectivity index (χ1n) is 8.95. The number of nitrogens with one attached hydrogen (secondary N) is 1. The molecule has 1 atom stereocenters. The van der Waals surface area contributed by atoms with Crippen LogP contribution in [-0.4, -0.2) is 47.2 Å². The van der Waals surface area contributed by atoms with Gasteiger partial charge in [-0.1, -0.05) is 26.0 Å². The molecule has 0 aliphatic heterocycles. The molecule has 1 aromatic carbocycles. The Morgan fingerprint density at radius 2 is 1.62 bits per heavy atom. The fraction of sp³-hybridized carbons (Fsp3) is 0.526. The molecule has 1 aromatic rings. The maximum absolute atomic E-state index is 12.1. The van der Waals surface area contributed by atoms with Crippen LogP contribution in [0.5, 0.6) is 0 Å². The normalized spacial score (nSPS) is 11.6. The van der Waals surface area contributed by atoms with E-state index < -0.39 is 23.9 Å². The summed E-state index contributed by atoms with van der Waals surface area (Å²) < 4.78 is 0. The summed E-state index contributed by atoms with van der Waals surface area (Å²) >= 11 is 0. The van der Waals surface area contributed by atoms with Crippen LogP contribution in [0.2, 0.25) is 0 Å². The van der Waals surface area contributed by atoms with Crippen LogP contribution in [0.25, 0.3) is 0 Å². The number of hydrogen-bond acceptors (Lipinski definition) is 4. The van der Waals surface area contributed by atoms with E-state index >= 15 is 0 Å². The first kappa shape index (κ1) is 21.5. The molecule has 0 spiro atoms. The lowest BCUT2D eigenvalue weighted by atomic mass is 10.1. The van der Waals surface area contributed by atoms with E-state index in [-0.39, 0.29) is 19.3 Å². The monoisotopic (exact) mass is 364 g/mol. The van der Waals surface area contributed by atoms with Crippen LogP contribution >= 0.6 is 0 Å². The third-order valence-corrected chi connectivity index (χ3v) is 3.93. The number of carbonyl (C=O) groups excluding carboxylic acids is 1. The van der Waals surface area contributed by atoms with Crippen LogP contribution in [0.3, 0.4) is 0 Å².